The average molecular weight is 429 g/mol. The maximum absolute atomic E-state index is 13.3. The van der Waals surface area contributed by atoms with E-state index in [4.69, 9.17) is 9.72 Å². The molecule has 0 N–H and O–H groups in total. The maximum atomic E-state index is 13.3. The van der Waals surface area contributed by atoms with Gasteiger partial charge in [-0.25, -0.2) is 4.79 Å². The van der Waals surface area contributed by atoms with Crippen LogP contribution in [-0.4, -0.2) is 30.2 Å². The predicted molar refractivity (Wildman–Crippen MR) is 124 cm³/mol. The van der Waals surface area contributed by atoms with Crippen LogP contribution < -0.4 is 16.0 Å². The van der Waals surface area contributed by atoms with Crippen molar-refractivity contribution in [2.24, 2.45) is 7.05 Å². The third-order valence-electron chi connectivity index (χ3n) is 5.70. The number of fused-ring (bicyclic) bond motifs is 3. The molecule has 0 bridgehead atoms. The van der Waals surface area contributed by atoms with E-state index in [1.54, 1.807) is 18.6 Å². The summed E-state index contributed by atoms with van der Waals surface area (Å²) in [5, 5.41) is 0. The third-order valence-corrected chi connectivity index (χ3v) is 5.70. The van der Waals surface area contributed by atoms with E-state index in [1.807, 2.05) is 72.3 Å². The fourth-order valence-corrected chi connectivity index (χ4v) is 4.12. The lowest BCUT2D eigenvalue weighted by Gasteiger charge is -2.10. The van der Waals surface area contributed by atoms with Gasteiger partial charge in [0.15, 0.2) is 11.2 Å². The Bertz CT molecular complexity index is 1550. The van der Waals surface area contributed by atoms with Crippen LogP contribution >= 0.6 is 0 Å². The Morgan fingerprint density at radius 2 is 1.72 bits per heavy atom. The smallest absolute Gasteiger partial charge is 0.332 e. The van der Waals surface area contributed by atoms with Gasteiger partial charge in [-0.15, -0.1) is 0 Å². The molecule has 5 rings (SSSR count). The zero-order valence-corrected chi connectivity index (χ0v) is 18.1. The van der Waals surface area contributed by atoms with Gasteiger partial charge >= 0.3 is 5.69 Å². The highest BCUT2D eigenvalue weighted by Gasteiger charge is 2.22. The van der Waals surface area contributed by atoms with Crippen LogP contribution in [0.2, 0.25) is 0 Å². The van der Waals surface area contributed by atoms with Gasteiger partial charge in [-0.2, -0.15) is 4.98 Å². The lowest BCUT2D eigenvalue weighted by atomic mass is 10.1. The Balaban J connectivity index is 1.91. The van der Waals surface area contributed by atoms with Gasteiger partial charge in [-0.3, -0.25) is 22.9 Å². The molecule has 32 heavy (non-hydrogen) atoms. The number of imidazole rings is 2. The molecule has 0 radical (unpaired) electrons. The molecule has 0 saturated carbocycles. The Labute approximate surface area is 183 Å². The number of nitrogens with zero attached hydrogens (tertiary/aromatic N) is 5. The van der Waals surface area contributed by atoms with Crippen molar-refractivity contribution < 1.29 is 4.74 Å². The van der Waals surface area contributed by atoms with Crippen LogP contribution in [0.4, 0.5) is 0 Å². The summed E-state index contributed by atoms with van der Waals surface area (Å²) >= 11 is 0. The molecule has 0 atom stereocenters. The van der Waals surface area contributed by atoms with Crippen molar-refractivity contribution in [2.75, 3.05) is 7.11 Å². The van der Waals surface area contributed by atoms with E-state index in [0.29, 0.717) is 29.9 Å². The topological polar surface area (TPSA) is 75.5 Å². The minimum Gasteiger partial charge on any atom is -0.497 e. The molecular weight excluding hydrogens is 406 g/mol. The molecule has 0 fully saturated rings. The van der Waals surface area contributed by atoms with Crippen molar-refractivity contribution in [3.8, 4) is 22.7 Å². The van der Waals surface area contributed by atoms with Crippen LogP contribution in [0.25, 0.3) is 33.9 Å². The summed E-state index contributed by atoms with van der Waals surface area (Å²) in [5.74, 6) is 1.31. The average Bonchev–Trinajstić information content (AvgIpc) is 3.37. The van der Waals surface area contributed by atoms with Gasteiger partial charge in [-0.1, -0.05) is 37.3 Å². The molecule has 8 heteroatoms. The molecule has 162 valence electrons. The van der Waals surface area contributed by atoms with Crippen molar-refractivity contribution in [3.05, 3.63) is 81.6 Å². The van der Waals surface area contributed by atoms with Crippen LogP contribution in [0, 0.1) is 0 Å². The Morgan fingerprint density at radius 3 is 2.38 bits per heavy atom. The molecule has 0 aliphatic heterocycles. The van der Waals surface area contributed by atoms with Gasteiger partial charge in [0.2, 0.25) is 5.78 Å². The van der Waals surface area contributed by atoms with Gasteiger partial charge in [0.25, 0.3) is 5.56 Å². The molecule has 0 amide bonds. The van der Waals surface area contributed by atoms with Crippen LogP contribution in [0.15, 0.2) is 70.4 Å². The zero-order valence-electron chi connectivity index (χ0n) is 18.1. The van der Waals surface area contributed by atoms with E-state index in [1.165, 1.54) is 9.13 Å². The monoisotopic (exact) mass is 429 g/mol. The molecule has 3 aromatic heterocycles. The second-order valence-electron chi connectivity index (χ2n) is 7.67. The maximum Gasteiger partial charge on any atom is 0.332 e. The first-order valence-corrected chi connectivity index (χ1v) is 10.5. The zero-order chi connectivity index (χ0) is 22.4. The summed E-state index contributed by atoms with van der Waals surface area (Å²) < 4.78 is 11.8. The predicted octanol–water partition coefficient (Wildman–Crippen LogP) is 3.22. The van der Waals surface area contributed by atoms with E-state index < -0.39 is 0 Å². The van der Waals surface area contributed by atoms with Crippen molar-refractivity contribution in [1.29, 1.82) is 0 Å². The highest BCUT2D eigenvalue weighted by Crippen LogP contribution is 2.29. The lowest BCUT2D eigenvalue weighted by molar-refractivity contribution is 0.415. The summed E-state index contributed by atoms with van der Waals surface area (Å²) in [6.07, 6.45) is 2.59. The molecular formula is C24H23N5O3. The lowest BCUT2D eigenvalue weighted by Crippen LogP contribution is -2.39. The minimum atomic E-state index is -0.357. The van der Waals surface area contributed by atoms with Gasteiger partial charge in [-0.05, 0) is 30.7 Å². The van der Waals surface area contributed by atoms with E-state index in [9.17, 15) is 9.59 Å². The van der Waals surface area contributed by atoms with E-state index in [-0.39, 0.29) is 11.2 Å². The number of benzene rings is 2. The molecule has 0 saturated heterocycles. The number of aromatic nitrogens is 5. The summed E-state index contributed by atoms with van der Waals surface area (Å²) in [6, 6.07) is 17.6. The highest BCUT2D eigenvalue weighted by molar-refractivity contribution is 5.79. The molecule has 3 heterocycles. The minimum absolute atomic E-state index is 0.330. The summed E-state index contributed by atoms with van der Waals surface area (Å²) in [7, 11) is 3.28. The fraction of sp³-hybridized carbons (Fsp3) is 0.208. The Morgan fingerprint density at radius 1 is 1.00 bits per heavy atom. The van der Waals surface area contributed by atoms with Crippen LogP contribution in [-0.2, 0) is 13.6 Å². The number of hydrogen-bond donors (Lipinski definition) is 0. The Hall–Kier alpha value is -4.07. The Kier molecular flexibility index (Phi) is 4.70. The first kappa shape index (κ1) is 19.9. The second-order valence-corrected chi connectivity index (χ2v) is 7.67. The molecule has 0 aliphatic rings. The van der Waals surface area contributed by atoms with E-state index >= 15 is 0 Å². The van der Waals surface area contributed by atoms with Gasteiger partial charge in [0, 0.05) is 31.0 Å². The fourth-order valence-electron chi connectivity index (χ4n) is 4.12. The normalized spacial score (nSPS) is 11.5. The molecule has 0 aliphatic carbocycles. The standard InChI is InChI=1S/C24H23N5O3/c1-4-14-27-22(30)20-21(26(2)24(27)31)25-23-28(20)15-19(16-8-6-5-7-9-16)29(23)17-10-12-18(32-3)13-11-17/h5-13,15H,4,14H2,1-3H3. The van der Waals surface area contributed by atoms with E-state index in [2.05, 4.69) is 0 Å². The number of methoxy groups -OCH3 is 1. The van der Waals surface area contributed by atoms with Crippen molar-refractivity contribution in [3.63, 3.8) is 0 Å². The first-order valence-electron chi connectivity index (χ1n) is 10.5. The first-order chi connectivity index (χ1) is 15.5. The largest absolute Gasteiger partial charge is 0.497 e. The quantitative estimate of drug-likeness (QED) is 0.430. The number of hydrogen-bond acceptors (Lipinski definition) is 4. The molecule has 5 aromatic rings. The number of rotatable bonds is 5. The number of aryl methyl sites for hydroxylation is 1. The molecule has 0 spiro atoms. The van der Waals surface area contributed by atoms with E-state index in [0.717, 1.165) is 22.7 Å². The van der Waals surface area contributed by atoms with Crippen molar-refractivity contribution in [1.82, 2.24) is 23.1 Å². The van der Waals surface area contributed by atoms with Crippen LogP contribution in [0.1, 0.15) is 13.3 Å². The summed E-state index contributed by atoms with van der Waals surface area (Å²) in [6.45, 7) is 2.30. The van der Waals surface area contributed by atoms with Crippen LogP contribution in [0.3, 0.4) is 0 Å². The van der Waals surface area contributed by atoms with Crippen molar-refractivity contribution in [2.45, 2.75) is 19.9 Å². The van der Waals surface area contributed by atoms with Crippen molar-refractivity contribution >= 4 is 16.9 Å². The van der Waals surface area contributed by atoms with Gasteiger partial charge in [0.1, 0.15) is 5.75 Å². The van der Waals surface area contributed by atoms with Gasteiger partial charge in [0.05, 0.1) is 12.8 Å². The SMILES string of the molecule is CCCn1c(=O)c2c(nc3n(-c4ccc(OC)cc4)c(-c4ccccc4)cn23)n(C)c1=O. The summed E-state index contributed by atoms with van der Waals surface area (Å²) in [5.41, 5.74) is 2.81. The molecule has 2 aromatic carbocycles. The second kappa shape index (κ2) is 7.56. The van der Waals surface area contributed by atoms with Crippen LogP contribution in [0.5, 0.6) is 5.75 Å². The molecule has 0 unspecified atom stereocenters. The highest BCUT2D eigenvalue weighted by atomic mass is 16.5. The number of ether oxygens (including phenoxy) is 1. The van der Waals surface area contributed by atoms with Gasteiger partial charge < -0.3 is 4.74 Å². The summed E-state index contributed by atoms with van der Waals surface area (Å²) in [4.78, 5) is 30.8. The third kappa shape index (κ3) is 2.87. The molecule has 8 nitrogen and oxygen atoms in total.